The standard InChI is InChI=1S/C15H13N3O3S/c1-20-11-4-2-3-5-12(11)22-13-9-6-7-17-8-10(9)18-14(13)21-15(16)19/h2-8,18H,1H3,(H2,16,19). The van der Waals surface area contributed by atoms with Gasteiger partial charge in [-0.05, 0) is 18.2 Å². The van der Waals surface area contributed by atoms with Crippen LogP contribution in [0.1, 0.15) is 0 Å². The van der Waals surface area contributed by atoms with E-state index in [0.717, 1.165) is 26.4 Å². The molecule has 0 fully saturated rings. The van der Waals surface area contributed by atoms with Crippen LogP contribution < -0.4 is 15.2 Å². The average Bonchev–Trinajstić information content (AvgIpc) is 2.85. The van der Waals surface area contributed by atoms with E-state index in [-0.39, 0.29) is 0 Å². The predicted molar refractivity (Wildman–Crippen MR) is 83.4 cm³/mol. The lowest BCUT2D eigenvalue weighted by atomic mass is 10.3. The van der Waals surface area contributed by atoms with E-state index in [2.05, 4.69) is 9.97 Å². The number of carbonyl (C=O) groups is 1. The van der Waals surface area contributed by atoms with Crippen molar-refractivity contribution in [3.05, 3.63) is 42.7 Å². The summed E-state index contributed by atoms with van der Waals surface area (Å²) in [6.45, 7) is 0. The average molecular weight is 315 g/mol. The van der Waals surface area contributed by atoms with Crippen molar-refractivity contribution >= 4 is 28.8 Å². The van der Waals surface area contributed by atoms with E-state index in [1.807, 2.05) is 30.3 Å². The highest BCUT2D eigenvalue weighted by Gasteiger charge is 2.17. The van der Waals surface area contributed by atoms with Gasteiger partial charge in [0.2, 0.25) is 5.88 Å². The number of amides is 1. The van der Waals surface area contributed by atoms with Crippen molar-refractivity contribution in [2.45, 2.75) is 9.79 Å². The van der Waals surface area contributed by atoms with Crippen LogP contribution in [-0.4, -0.2) is 23.2 Å². The number of fused-ring (bicyclic) bond motifs is 1. The summed E-state index contributed by atoms with van der Waals surface area (Å²) in [6, 6.07) is 9.45. The van der Waals surface area contributed by atoms with E-state index < -0.39 is 6.09 Å². The highest BCUT2D eigenvalue weighted by Crippen LogP contribution is 2.43. The van der Waals surface area contributed by atoms with Crippen molar-refractivity contribution in [2.75, 3.05) is 7.11 Å². The second-order valence-corrected chi connectivity index (χ2v) is 5.43. The van der Waals surface area contributed by atoms with Crippen LogP contribution in [0.15, 0.2) is 52.5 Å². The number of benzene rings is 1. The third-order valence-electron chi connectivity index (χ3n) is 3.00. The maximum Gasteiger partial charge on any atom is 0.411 e. The van der Waals surface area contributed by atoms with Gasteiger partial charge in [0.25, 0.3) is 0 Å². The highest BCUT2D eigenvalue weighted by atomic mass is 32.2. The summed E-state index contributed by atoms with van der Waals surface area (Å²) in [5.74, 6) is 1.03. The molecule has 0 saturated heterocycles. The van der Waals surface area contributed by atoms with Crippen molar-refractivity contribution in [3.8, 4) is 11.6 Å². The second kappa shape index (κ2) is 5.98. The lowest BCUT2D eigenvalue weighted by Crippen LogP contribution is -2.16. The van der Waals surface area contributed by atoms with Gasteiger partial charge in [-0.1, -0.05) is 23.9 Å². The van der Waals surface area contributed by atoms with E-state index in [4.69, 9.17) is 15.2 Å². The Labute approximate surface area is 130 Å². The minimum Gasteiger partial charge on any atom is -0.496 e. The smallest absolute Gasteiger partial charge is 0.411 e. The number of rotatable bonds is 4. The molecule has 7 heteroatoms. The van der Waals surface area contributed by atoms with Crippen LogP contribution in [0.5, 0.6) is 11.6 Å². The molecule has 22 heavy (non-hydrogen) atoms. The van der Waals surface area contributed by atoms with Crippen LogP contribution in [0, 0.1) is 0 Å². The van der Waals surface area contributed by atoms with Crippen molar-refractivity contribution in [1.82, 2.24) is 9.97 Å². The maximum absolute atomic E-state index is 11.1. The number of H-pyrrole nitrogens is 1. The molecule has 0 aliphatic rings. The first kappa shape index (κ1) is 14.3. The molecule has 112 valence electrons. The summed E-state index contributed by atoms with van der Waals surface area (Å²) < 4.78 is 10.4. The fourth-order valence-corrected chi connectivity index (χ4v) is 3.17. The van der Waals surface area contributed by atoms with Gasteiger partial charge in [-0.3, -0.25) is 4.98 Å². The minimum atomic E-state index is -0.874. The Morgan fingerprint density at radius 3 is 2.91 bits per heavy atom. The summed E-state index contributed by atoms with van der Waals surface area (Å²) in [6.07, 6.45) is 2.47. The van der Waals surface area contributed by atoms with E-state index >= 15 is 0 Å². The van der Waals surface area contributed by atoms with Gasteiger partial charge in [-0.2, -0.15) is 0 Å². The van der Waals surface area contributed by atoms with Crippen LogP contribution in [-0.2, 0) is 0 Å². The zero-order valence-corrected chi connectivity index (χ0v) is 12.5. The zero-order chi connectivity index (χ0) is 15.5. The SMILES string of the molecule is COc1ccccc1Sc1c(OC(N)=O)[nH]c2cnccc12. The number of hydrogen-bond donors (Lipinski definition) is 2. The van der Waals surface area contributed by atoms with Crippen LogP contribution in [0.25, 0.3) is 10.9 Å². The summed E-state index contributed by atoms with van der Waals surface area (Å²) in [7, 11) is 1.61. The monoisotopic (exact) mass is 315 g/mol. The molecular formula is C15H13N3O3S. The molecule has 3 aromatic rings. The number of primary amides is 1. The van der Waals surface area contributed by atoms with E-state index in [0.29, 0.717) is 5.88 Å². The fourth-order valence-electron chi connectivity index (χ4n) is 2.08. The fraction of sp³-hybridized carbons (Fsp3) is 0.0667. The normalized spacial score (nSPS) is 10.6. The number of carbonyl (C=O) groups excluding carboxylic acids is 1. The van der Waals surface area contributed by atoms with Crippen molar-refractivity contribution in [3.63, 3.8) is 0 Å². The molecule has 3 rings (SSSR count). The second-order valence-electron chi connectivity index (χ2n) is 4.38. The number of hydrogen-bond acceptors (Lipinski definition) is 5. The molecule has 1 aromatic carbocycles. The molecule has 1 amide bonds. The third-order valence-corrected chi connectivity index (χ3v) is 4.17. The molecular weight excluding hydrogens is 302 g/mol. The van der Waals surface area contributed by atoms with E-state index in [9.17, 15) is 4.79 Å². The largest absolute Gasteiger partial charge is 0.496 e. The van der Waals surface area contributed by atoms with Gasteiger partial charge in [0.15, 0.2) is 0 Å². The first-order chi connectivity index (χ1) is 10.7. The van der Waals surface area contributed by atoms with Gasteiger partial charge < -0.3 is 20.2 Å². The zero-order valence-electron chi connectivity index (χ0n) is 11.7. The number of nitrogens with two attached hydrogens (primary N) is 1. The summed E-state index contributed by atoms with van der Waals surface area (Å²) in [4.78, 5) is 19.8. The summed E-state index contributed by atoms with van der Waals surface area (Å²) >= 11 is 1.43. The first-order valence-electron chi connectivity index (χ1n) is 6.43. The van der Waals surface area contributed by atoms with Crippen LogP contribution in [0.2, 0.25) is 0 Å². The Hall–Kier alpha value is -2.67. The van der Waals surface area contributed by atoms with Gasteiger partial charge in [0.05, 0.1) is 28.6 Å². The predicted octanol–water partition coefficient (Wildman–Crippen LogP) is 3.18. The molecule has 0 radical (unpaired) electrons. The molecule has 0 saturated carbocycles. The number of ether oxygens (including phenoxy) is 2. The quantitative estimate of drug-likeness (QED) is 0.771. The Kier molecular flexibility index (Phi) is 3.88. The summed E-state index contributed by atoms with van der Waals surface area (Å²) in [5.41, 5.74) is 5.89. The Morgan fingerprint density at radius 1 is 1.32 bits per heavy atom. The Bertz CT molecular complexity index is 832. The van der Waals surface area contributed by atoms with Crippen LogP contribution >= 0.6 is 11.8 Å². The van der Waals surface area contributed by atoms with E-state index in [1.54, 1.807) is 19.5 Å². The van der Waals surface area contributed by atoms with Gasteiger partial charge in [-0.15, -0.1) is 0 Å². The number of nitrogens with one attached hydrogen (secondary N) is 1. The molecule has 0 spiro atoms. The van der Waals surface area contributed by atoms with E-state index in [1.165, 1.54) is 11.8 Å². The molecule has 2 heterocycles. The Balaban J connectivity index is 2.10. The topological polar surface area (TPSA) is 90.2 Å². The molecule has 6 nitrogen and oxygen atoms in total. The van der Waals surface area contributed by atoms with Crippen LogP contribution in [0.4, 0.5) is 4.79 Å². The first-order valence-corrected chi connectivity index (χ1v) is 7.24. The number of aromatic nitrogens is 2. The van der Waals surface area contributed by atoms with Gasteiger partial charge in [-0.25, -0.2) is 4.79 Å². The van der Waals surface area contributed by atoms with Crippen LogP contribution in [0.3, 0.4) is 0 Å². The van der Waals surface area contributed by atoms with Crippen molar-refractivity contribution in [1.29, 1.82) is 0 Å². The van der Waals surface area contributed by atoms with Gasteiger partial charge >= 0.3 is 6.09 Å². The molecule has 0 aliphatic carbocycles. The lowest BCUT2D eigenvalue weighted by molar-refractivity contribution is 0.208. The molecule has 2 aromatic heterocycles. The molecule has 0 aliphatic heterocycles. The minimum absolute atomic E-state index is 0.298. The molecule has 0 atom stereocenters. The third kappa shape index (κ3) is 2.71. The maximum atomic E-state index is 11.1. The van der Waals surface area contributed by atoms with Crippen molar-refractivity contribution in [2.24, 2.45) is 5.73 Å². The lowest BCUT2D eigenvalue weighted by Gasteiger charge is -2.08. The summed E-state index contributed by atoms with van der Waals surface area (Å²) in [5, 5.41) is 0.891. The Morgan fingerprint density at radius 2 is 2.14 bits per heavy atom. The number of pyridine rings is 1. The molecule has 0 unspecified atom stereocenters. The van der Waals surface area contributed by atoms with Gasteiger partial charge in [0, 0.05) is 11.6 Å². The number of nitrogens with zero attached hydrogens (tertiary/aromatic N) is 1. The van der Waals surface area contributed by atoms with Gasteiger partial charge in [0.1, 0.15) is 5.75 Å². The number of methoxy groups -OCH3 is 1. The molecule has 0 bridgehead atoms. The molecule has 3 N–H and O–H groups in total. The van der Waals surface area contributed by atoms with Crippen molar-refractivity contribution < 1.29 is 14.3 Å². The number of aromatic amines is 1. The number of para-hydroxylation sites is 1. The highest BCUT2D eigenvalue weighted by molar-refractivity contribution is 7.99.